The van der Waals surface area contributed by atoms with Gasteiger partial charge in [-0.05, 0) is 36.2 Å². The molecule has 1 amide bonds. The molecule has 2 aromatic carbocycles. The summed E-state index contributed by atoms with van der Waals surface area (Å²) in [6.07, 6.45) is -4.07. The highest BCUT2D eigenvalue weighted by Gasteiger charge is 2.36. The Labute approximate surface area is 178 Å². The number of hydrogen-bond donors (Lipinski definition) is 0. The summed E-state index contributed by atoms with van der Waals surface area (Å²) in [4.78, 5) is 14.1. The van der Waals surface area contributed by atoms with E-state index in [0.717, 1.165) is 33.8 Å². The van der Waals surface area contributed by atoms with Gasteiger partial charge in [0, 0.05) is 26.2 Å². The predicted molar refractivity (Wildman–Crippen MR) is 106 cm³/mol. The van der Waals surface area contributed by atoms with E-state index in [1.54, 1.807) is 4.90 Å². The first-order chi connectivity index (χ1) is 14.7. The highest BCUT2D eigenvalue weighted by atomic mass is 32.2. The summed E-state index contributed by atoms with van der Waals surface area (Å²) in [5, 5.41) is 0. The molecule has 2 heterocycles. The number of hydrogen-bond acceptors (Lipinski definition) is 4. The van der Waals surface area contributed by atoms with Crippen molar-refractivity contribution in [1.29, 1.82) is 0 Å². The summed E-state index contributed by atoms with van der Waals surface area (Å²) < 4.78 is 71.3. The Morgan fingerprint density at radius 1 is 1.00 bits per heavy atom. The fourth-order valence-electron chi connectivity index (χ4n) is 3.88. The van der Waals surface area contributed by atoms with Gasteiger partial charge in [0.15, 0.2) is 0 Å². The van der Waals surface area contributed by atoms with Crippen LogP contribution in [0, 0.1) is 5.92 Å². The number of para-hydroxylation sites is 1. The topological polar surface area (TPSA) is 66.9 Å². The van der Waals surface area contributed by atoms with Gasteiger partial charge in [-0.2, -0.15) is 17.5 Å². The zero-order valence-corrected chi connectivity index (χ0v) is 17.3. The largest absolute Gasteiger partial charge is 0.492 e. The van der Waals surface area contributed by atoms with E-state index in [4.69, 9.17) is 4.74 Å². The second kappa shape index (κ2) is 8.16. The Morgan fingerprint density at radius 2 is 1.71 bits per heavy atom. The standard InChI is InChI=1S/C21H21F3N2O4S/c22-21(23,24)17-5-3-6-18(13-17)31(28,29)26-10-8-25(9-11-26)20(27)16-12-15-4-1-2-7-19(15)30-14-16/h1-7,13,16H,8-12,14H2/t16-/m0/s1. The highest BCUT2D eigenvalue weighted by Crippen LogP contribution is 2.32. The third-order valence-corrected chi connectivity index (χ3v) is 7.47. The van der Waals surface area contributed by atoms with E-state index < -0.39 is 26.7 Å². The Morgan fingerprint density at radius 3 is 2.42 bits per heavy atom. The summed E-state index contributed by atoms with van der Waals surface area (Å²) in [5.74, 6) is 0.315. The van der Waals surface area contributed by atoms with Crippen molar-refractivity contribution in [2.75, 3.05) is 32.8 Å². The minimum absolute atomic E-state index is 0.0223. The van der Waals surface area contributed by atoms with Gasteiger partial charge in [-0.15, -0.1) is 0 Å². The van der Waals surface area contributed by atoms with Crippen molar-refractivity contribution in [3.8, 4) is 5.75 Å². The number of fused-ring (bicyclic) bond motifs is 1. The SMILES string of the molecule is O=C([C@@H]1COc2ccccc2C1)N1CCN(S(=O)(=O)c2cccc(C(F)(F)F)c2)CC1. The molecule has 4 rings (SSSR count). The molecule has 1 saturated heterocycles. The van der Waals surface area contributed by atoms with Gasteiger partial charge in [-0.3, -0.25) is 4.79 Å². The number of amides is 1. The molecule has 2 aliphatic rings. The van der Waals surface area contributed by atoms with Gasteiger partial charge in [-0.1, -0.05) is 24.3 Å². The smallest absolute Gasteiger partial charge is 0.416 e. The molecule has 0 aliphatic carbocycles. The van der Waals surface area contributed by atoms with Crippen LogP contribution in [0.5, 0.6) is 5.75 Å². The molecule has 0 bridgehead atoms. The van der Waals surface area contributed by atoms with E-state index in [1.807, 2.05) is 24.3 Å². The summed E-state index contributed by atoms with van der Waals surface area (Å²) in [7, 11) is -4.09. The lowest BCUT2D eigenvalue weighted by Gasteiger charge is -2.36. The molecule has 0 unspecified atom stereocenters. The number of sulfonamides is 1. The van der Waals surface area contributed by atoms with Crippen molar-refractivity contribution in [3.05, 3.63) is 59.7 Å². The first kappa shape index (κ1) is 21.6. The lowest BCUT2D eigenvalue weighted by Crippen LogP contribution is -2.52. The van der Waals surface area contributed by atoms with Crippen LogP contribution in [0.2, 0.25) is 0 Å². The van der Waals surface area contributed by atoms with Crippen molar-refractivity contribution in [2.45, 2.75) is 17.5 Å². The Balaban J connectivity index is 1.41. The Hall–Kier alpha value is -2.59. The van der Waals surface area contributed by atoms with E-state index in [9.17, 15) is 26.4 Å². The molecule has 31 heavy (non-hydrogen) atoms. The predicted octanol–water partition coefficient (Wildman–Crippen LogP) is 2.79. The van der Waals surface area contributed by atoms with Gasteiger partial charge < -0.3 is 9.64 Å². The van der Waals surface area contributed by atoms with Crippen molar-refractivity contribution in [2.24, 2.45) is 5.92 Å². The van der Waals surface area contributed by atoms with Crippen LogP contribution in [0.4, 0.5) is 13.2 Å². The Kier molecular flexibility index (Phi) is 5.69. The van der Waals surface area contributed by atoms with Crippen LogP contribution in [0.25, 0.3) is 0 Å². The third-order valence-electron chi connectivity index (χ3n) is 5.58. The number of ether oxygens (including phenoxy) is 1. The van der Waals surface area contributed by atoms with Gasteiger partial charge in [-0.25, -0.2) is 8.42 Å². The number of carbonyl (C=O) groups is 1. The zero-order valence-electron chi connectivity index (χ0n) is 16.5. The maximum Gasteiger partial charge on any atom is 0.416 e. The molecule has 0 spiro atoms. The highest BCUT2D eigenvalue weighted by molar-refractivity contribution is 7.89. The van der Waals surface area contributed by atoms with Crippen molar-refractivity contribution in [1.82, 2.24) is 9.21 Å². The molecule has 1 atom stereocenters. The van der Waals surface area contributed by atoms with Crippen LogP contribution in [0.3, 0.4) is 0 Å². The molecule has 0 radical (unpaired) electrons. The molecule has 0 saturated carbocycles. The molecule has 1 fully saturated rings. The van der Waals surface area contributed by atoms with Crippen LogP contribution in [-0.4, -0.2) is 56.3 Å². The van der Waals surface area contributed by atoms with Gasteiger partial charge >= 0.3 is 6.18 Å². The number of alkyl halides is 3. The lowest BCUT2D eigenvalue weighted by molar-refractivity contribution is -0.138. The minimum Gasteiger partial charge on any atom is -0.492 e. The molecule has 6 nitrogen and oxygen atoms in total. The maximum absolute atomic E-state index is 12.9. The lowest BCUT2D eigenvalue weighted by atomic mass is 9.95. The van der Waals surface area contributed by atoms with E-state index in [2.05, 4.69) is 0 Å². The first-order valence-electron chi connectivity index (χ1n) is 9.83. The molecule has 2 aliphatic heterocycles. The monoisotopic (exact) mass is 454 g/mol. The van der Waals surface area contributed by atoms with Crippen LogP contribution in [0.1, 0.15) is 11.1 Å². The normalized spacial score (nSPS) is 20.1. The van der Waals surface area contributed by atoms with E-state index in [1.165, 1.54) is 0 Å². The molecule has 0 N–H and O–H groups in total. The zero-order chi connectivity index (χ0) is 22.2. The van der Waals surface area contributed by atoms with Crippen LogP contribution >= 0.6 is 0 Å². The molecule has 2 aromatic rings. The quantitative estimate of drug-likeness (QED) is 0.716. The van der Waals surface area contributed by atoms with Gasteiger partial charge in [0.1, 0.15) is 12.4 Å². The van der Waals surface area contributed by atoms with Crippen molar-refractivity contribution >= 4 is 15.9 Å². The number of benzene rings is 2. The summed E-state index contributed by atoms with van der Waals surface area (Å²) in [6.45, 7) is 0.659. The van der Waals surface area contributed by atoms with Crippen LogP contribution in [0.15, 0.2) is 53.4 Å². The second-order valence-electron chi connectivity index (χ2n) is 7.57. The third kappa shape index (κ3) is 4.40. The maximum atomic E-state index is 12.9. The van der Waals surface area contributed by atoms with Gasteiger partial charge in [0.05, 0.1) is 16.4 Å². The number of carbonyl (C=O) groups excluding carboxylic acids is 1. The number of piperazine rings is 1. The molecule has 10 heteroatoms. The molecule has 0 aromatic heterocycles. The fourth-order valence-corrected chi connectivity index (χ4v) is 5.34. The van der Waals surface area contributed by atoms with Gasteiger partial charge in [0.25, 0.3) is 0 Å². The van der Waals surface area contributed by atoms with E-state index in [-0.39, 0.29) is 44.6 Å². The number of rotatable bonds is 3. The molecular weight excluding hydrogens is 433 g/mol. The summed E-state index contributed by atoms with van der Waals surface area (Å²) in [6, 6.07) is 11.2. The fraction of sp³-hybridized carbons (Fsp3) is 0.381. The van der Waals surface area contributed by atoms with E-state index >= 15 is 0 Å². The molecular formula is C21H21F3N2O4S. The minimum atomic E-state index is -4.63. The average Bonchev–Trinajstić information content (AvgIpc) is 2.78. The first-order valence-corrected chi connectivity index (χ1v) is 11.3. The summed E-state index contributed by atoms with van der Waals surface area (Å²) in [5.41, 5.74) is -0.0576. The van der Waals surface area contributed by atoms with Crippen LogP contribution < -0.4 is 4.74 Å². The molecule has 166 valence electrons. The van der Waals surface area contributed by atoms with Gasteiger partial charge in [0.2, 0.25) is 15.9 Å². The van der Waals surface area contributed by atoms with Crippen molar-refractivity contribution in [3.63, 3.8) is 0 Å². The van der Waals surface area contributed by atoms with Crippen LogP contribution in [-0.2, 0) is 27.4 Å². The number of nitrogens with zero attached hydrogens (tertiary/aromatic N) is 2. The number of halogens is 3. The van der Waals surface area contributed by atoms with E-state index in [0.29, 0.717) is 12.5 Å². The average molecular weight is 454 g/mol. The Bertz CT molecular complexity index is 1080. The summed E-state index contributed by atoms with van der Waals surface area (Å²) >= 11 is 0. The second-order valence-corrected chi connectivity index (χ2v) is 9.51. The van der Waals surface area contributed by atoms with Crippen molar-refractivity contribution < 1.29 is 31.1 Å².